The molecule has 1 saturated heterocycles. The number of hydrogen-bond donors (Lipinski definition) is 1. The summed E-state index contributed by atoms with van der Waals surface area (Å²) >= 11 is 12.1. The van der Waals surface area contributed by atoms with Crippen LogP contribution >= 0.6 is 23.2 Å². The molecule has 2 aromatic rings. The molecule has 7 heteroatoms. The Morgan fingerprint density at radius 3 is 2.95 bits per heavy atom. The number of carbonyl (C=O) groups is 1. The maximum absolute atomic E-state index is 12.5. The molecule has 0 bridgehead atoms. The summed E-state index contributed by atoms with van der Waals surface area (Å²) in [6.45, 7) is 2.08. The predicted molar refractivity (Wildman–Crippen MR) is 87.4 cm³/mol. The highest BCUT2D eigenvalue weighted by Gasteiger charge is 2.32. The molecule has 0 saturated carbocycles. The van der Waals surface area contributed by atoms with Crippen LogP contribution in [0, 0.1) is 0 Å². The quantitative estimate of drug-likeness (QED) is 0.911. The van der Waals surface area contributed by atoms with Crippen molar-refractivity contribution in [2.24, 2.45) is 0 Å². The van der Waals surface area contributed by atoms with Crippen LogP contribution in [0.1, 0.15) is 6.42 Å². The first-order valence-corrected chi connectivity index (χ1v) is 7.88. The number of rotatable bonds is 5. The zero-order valence-electron chi connectivity index (χ0n) is 11.9. The third kappa shape index (κ3) is 3.27. The molecular formula is C15H16Cl2N4O. The lowest BCUT2D eigenvalue weighted by Crippen LogP contribution is -2.39. The molecule has 2 heterocycles. The molecule has 0 spiro atoms. The molecule has 1 aromatic carbocycles. The molecule has 5 nitrogen and oxygen atoms in total. The molecule has 1 aliphatic heterocycles. The van der Waals surface area contributed by atoms with Gasteiger partial charge in [0.25, 0.3) is 0 Å². The van der Waals surface area contributed by atoms with Crippen molar-refractivity contribution in [3.63, 3.8) is 0 Å². The summed E-state index contributed by atoms with van der Waals surface area (Å²) in [7, 11) is 0. The van der Waals surface area contributed by atoms with E-state index in [0.717, 1.165) is 13.0 Å². The van der Waals surface area contributed by atoms with Gasteiger partial charge >= 0.3 is 0 Å². The van der Waals surface area contributed by atoms with Crippen LogP contribution in [0.4, 0.5) is 5.69 Å². The Morgan fingerprint density at radius 1 is 1.36 bits per heavy atom. The Balaban J connectivity index is 1.59. The summed E-state index contributed by atoms with van der Waals surface area (Å²) < 4.78 is 1.83. The summed E-state index contributed by atoms with van der Waals surface area (Å²) in [4.78, 5) is 14.2. The number of nitrogens with zero attached hydrogens (tertiary/aromatic N) is 3. The number of carbonyl (C=O) groups excluding carboxylic acids is 1. The third-order valence-corrected chi connectivity index (χ3v) is 4.23. The second kappa shape index (κ2) is 6.69. The summed E-state index contributed by atoms with van der Waals surface area (Å²) in [6.07, 6.45) is 4.40. The van der Waals surface area contributed by atoms with Gasteiger partial charge in [0.05, 0.1) is 23.3 Å². The predicted octanol–water partition coefficient (Wildman–Crippen LogP) is 2.58. The minimum absolute atomic E-state index is 0.0460. The Labute approximate surface area is 138 Å². The number of hydrogen-bond acceptors (Lipinski definition) is 3. The van der Waals surface area contributed by atoms with Gasteiger partial charge in [-0.1, -0.05) is 23.2 Å². The molecule has 1 aromatic heterocycles. The lowest BCUT2D eigenvalue weighted by molar-refractivity contribution is -0.118. The molecule has 1 N–H and O–H groups in total. The van der Waals surface area contributed by atoms with Crippen LogP contribution in [-0.2, 0) is 11.3 Å². The zero-order chi connectivity index (χ0) is 15.5. The van der Waals surface area contributed by atoms with E-state index < -0.39 is 0 Å². The molecule has 1 aliphatic rings. The van der Waals surface area contributed by atoms with E-state index in [0.29, 0.717) is 28.8 Å². The topological polar surface area (TPSA) is 50.2 Å². The van der Waals surface area contributed by atoms with Crippen LogP contribution in [0.3, 0.4) is 0 Å². The standard InChI is InChI=1S/C15H16Cl2N4O/c16-11-2-3-14(12(17)10-11)21-8-4-13(15(21)22)18-6-9-20-7-1-5-19-20/h1-3,5,7,10,13,18H,4,6,8-9H2/t13-/m0/s1. The normalized spacial score (nSPS) is 18.2. The average molecular weight is 339 g/mol. The maximum Gasteiger partial charge on any atom is 0.244 e. The molecule has 0 radical (unpaired) electrons. The van der Waals surface area contributed by atoms with E-state index in [1.165, 1.54) is 0 Å². The van der Waals surface area contributed by atoms with E-state index in [1.54, 1.807) is 29.3 Å². The third-order valence-electron chi connectivity index (χ3n) is 3.70. The van der Waals surface area contributed by atoms with Crippen LogP contribution in [0.2, 0.25) is 10.0 Å². The van der Waals surface area contributed by atoms with Crippen molar-refractivity contribution >= 4 is 34.8 Å². The number of benzene rings is 1. The van der Waals surface area contributed by atoms with Crippen LogP contribution in [0.15, 0.2) is 36.7 Å². The summed E-state index contributed by atoms with van der Waals surface area (Å²) in [5, 5.41) is 8.47. The fourth-order valence-corrected chi connectivity index (χ4v) is 3.11. The monoisotopic (exact) mass is 338 g/mol. The van der Waals surface area contributed by atoms with E-state index in [2.05, 4.69) is 10.4 Å². The van der Waals surface area contributed by atoms with E-state index in [9.17, 15) is 4.79 Å². The Bertz CT molecular complexity index is 660. The first kappa shape index (κ1) is 15.3. The smallest absolute Gasteiger partial charge is 0.244 e. The van der Waals surface area contributed by atoms with Crippen molar-refractivity contribution in [2.45, 2.75) is 19.0 Å². The molecule has 1 amide bonds. The van der Waals surface area contributed by atoms with Gasteiger partial charge in [0, 0.05) is 30.5 Å². The highest BCUT2D eigenvalue weighted by molar-refractivity contribution is 6.36. The Kier molecular flexibility index (Phi) is 4.66. The number of amides is 1. The lowest BCUT2D eigenvalue weighted by atomic mass is 10.2. The molecule has 0 aliphatic carbocycles. The minimum atomic E-state index is -0.178. The van der Waals surface area contributed by atoms with Gasteiger partial charge in [-0.15, -0.1) is 0 Å². The van der Waals surface area contributed by atoms with E-state index in [1.807, 2.05) is 16.9 Å². The number of anilines is 1. The molecule has 1 fully saturated rings. The van der Waals surface area contributed by atoms with Gasteiger partial charge in [0.1, 0.15) is 0 Å². The van der Waals surface area contributed by atoms with E-state index in [-0.39, 0.29) is 11.9 Å². The maximum atomic E-state index is 12.5. The van der Waals surface area contributed by atoms with Gasteiger partial charge in [-0.05, 0) is 30.7 Å². The zero-order valence-corrected chi connectivity index (χ0v) is 13.4. The molecule has 1 atom stereocenters. The molecule has 22 heavy (non-hydrogen) atoms. The first-order chi connectivity index (χ1) is 10.6. The Morgan fingerprint density at radius 2 is 2.23 bits per heavy atom. The largest absolute Gasteiger partial charge is 0.310 e. The fourth-order valence-electron chi connectivity index (χ4n) is 2.59. The van der Waals surface area contributed by atoms with Gasteiger partial charge in [0.15, 0.2) is 0 Å². The summed E-state index contributed by atoms with van der Waals surface area (Å²) in [5.74, 6) is 0.0460. The van der Waals surface area contributed by atoms with Crippen molar-refractivity contribution in [1.82, 2.24) is 15.1 Å². The number of halogens is 2. The summed E-state index contributed by atoms with van der Waals surface area (Å²) in [6, 6.07) is 6.89. The molecular weight excluding hydrogens is 323 g/mol. The number of aromatic nitrogens is 2. The van der Waals surface area contributed by atoms with Crippen LogP contribution < -0.4 is 10.2 Å². The molecule has 0 unspecified atom stereocenters. The highest BCUT2D eigenvalue weighted by Crippen LogP contribution is 2.31. The van der Waals surface area contributed by atoms with Crippen molar-refractivity contribution in [1.29, 1.82) is 0 Å². The van der Waals surface area contributed by atoms with Crippen LogP contribution in [-0.4, -0.2) is 34.8 Å². The van der Waals surface area contributed by atoms with Crippen LogP contribution in [0.5, 0.6) is 0 Å². The SMILES string of the molecule is O=C1[C@@H](NCCn2cccn2)CCN1c1ccc(Cl)cc1Cl. The van der Waals surface area contributed by atoms with Gasteiger partial charge in [0.2, 0.25) is 5.91 Å². The van der Waals surface area contributed by atoms with Crippen molar-refractivity contribution in [3.05, 3.63) is 46.7 Å². The first-order valence-electron chi connectivity index (χ1n) is 7.12. The van der Waals surface area contributed by atoms with Crippen molar-refractivity contribution in [2.75, 3.05) is 18.0 Å². The second-order valence-electron chi connectivity index (χ2n) is 5.15. The molecule has 116 valence electrons. The van der Waals surface area contributed by atoms with E-state index in [4.69, 9.17) is 23.2 Å². The Hall–Kier alpha value is -1.56. The van der Waals surface area contributed by atoms with Gasteiger partial charge in [-0.3, -0.25) is 9.48 Å². The fraction of sp³-hybridized carbons (Fsp3) is 0.333. The minimum Gasteiger partial charge on any atom is -0.310 e. The summed E-state index contributed by atoms with van der Waals surface area (Å²) in [5.41, 5.74) is 0.715. The molecule has 3 rings (SSSR count). The highest BCUT2D eigenvalue weighted by atomic mass is 35.5. The van der Waals surface area contributed by atoms with Gasteiger partial charge in [-0.2, -0.15) is 5.10 Å². The average Bonchev–Trinajstić information content (AvgIpc) is 3.11. The van der Waals surface area contributed by atoms with Gasteiger partial charge in [-0.25, -0.2) is 0 Å². The van der Waals surface area contributed by atoms with E-state index >= 15 is 0 Å². The van der Waals surface area contributed by atoms with Crippen molar-refractivity contribution < 1.29 is 4.79 Å². The lowest BCUT2D eigenvalue weighted by Gasteiger charge is -2.18. The van der Waals surface area contributed by atoms with Crippen LogP contribution in [0.25, 0.3) is 0 Å². The van der Waals surface area contributed by atoms with Gasteiger partial charge < -0.3 is 10.2 Å². The van der Waals surface area contributed by atoms with Crippen molar-refractivity contribution in [3.8, 4) is 0 Å². The second-order valence-corrected chi connectivity index (χ2v) is 5.99. The number of nitrogens with one attached hydrogen (secondary N) is 1.